The lowest BCUT2D eigenvalue weighted by atomic mass is 10.1. The highest BCUT2D eigenvalue weighted by atomic mass is 32.2. The standard InChI is InChI=1S/C20H22N2O2S/c1-13-4-8-16(9-5-13)20-22(18(23)12-25-20)15(3)19(24)21-17-10-6-14(2)7-11-17/h4-11,15,20H,12H2,1-3H3,(H,21,24). The van der Waals surface area contributed by atoms with E-state index in [1.807, 2.05) is 62.4 Å². The monoisotopic (exact) mass is 354 g/mol. The van der Waals surface area contributed by atoms with Gasteiger partial charge in [-0.05, 0) is 38.5 Å². The highest BCUT2D eigenvalue weighted by Gasteiger charge is 2.38. The number of amides is 2. The van der Waals surface area contributed by atoms with Gasteiger partial charge in [-0.25, -0.2) is 0 Å². The molecule has 1 N–H and O–H groups in total. The van der Waals surface area contributed by atoms with Gasteiger partial charge >= 0.3 is 0 Å². The van der Waals surface area contributed by atoms with Gasteiger partial charge in [0.25, 0.3) is 0 Å². The van der Waals surface area contributed by atoms with Gasteiger partial charge in [0.05, 0.1) is 5.75 Å². The Kier molecular flexibility index (Phi) is 5.13. The Bertz CT molecular complexity index is 771. The van der Waals surface area contributed by atoms with Gasteiger partial charge in [-0.1, -0.05) is 47.5 Å². The van der Waals surface area contributed by atoms with Crippen LogP contribution in [0.4, 0.5) is 5.69 Å². The zero-order chi connectivity index (χ0) is 18.0. The lowest BCUT2D eigenvalue weighted by Gasteiger charge is -2.29. The topological polar surface area (TPSA) is 49.4 Å². The van der Waals surface area contributed by atoms with Crippen molar-refractivity contribution >= 4 is 29.3 Å². The van der Waals surface area contributed by atoms with E-state index in [1.165, 1.54) is 5.56 Å². The van der Waals surface area contributed by atoms with E-state index in [1.54, 1.807) is 23.6 Å². The maximum Gasteiger partial charge on any atom is 0.246 e. The first-order chi connectivity index (χ1) is 12.0. The Labute approximate surface area is 152 Å². The summed E-state index contributed by atoms with van der Waals surface area (Å²) in [6.07, 6.45) is 0. The van der Waals surface area contributed by atoms with Crippen LogP contribution in [-0.2, 0) is 9.59 Å². The Morgan fingerprint density at radius 3 is 2.24 bits per heavy atom. The molecule has 2 atom stereocenters. The van der Waals surface area contributed by atoms with Crippen LogP contribution < -0.4 is 5.32 Å². The van der Waals surface area contributed by atoms with Crippen LogP contribution >= 0.6 is 11.8 Å². The average molecular weight is 354 g/mol. The molecule has 0 bridgehead atoms. The minimum atomic E-state index is -0.532. The quantitative estimate of drug-likeness (QED) is 0.906. The van der Waals surface area contributed by atoms with Gasteiger partial charge in [0.15, 0.2) is 0 Å². The number of rotatable bonds is 4. The molecule has 2 unspecified atom stereocenters. The molecule has 2 aromatic rings. The predicted molar refractivity (Wildman–Crippen MR) is 102 cm³/mol. The largest absolute Gasteiger partial charge is 0.324 e. The molecule has 2 amide bonds. The summed E-state index contributed by atoms with van der Waals surface area (Å²) in [5.74, 6) is 0.236. The fraction of sp³-hybridized carbons (Fsp3) is 0.300. The number of hydrogen-bond acceptors (Lipinski definition) is 3. The maximum absolute atomic E-state index is 12.6. The zero-order valence-electron chi connectivity index (χ0n) is 14.7. The second-order valence-corrected chi connectivity index (χ2v) is 7.47. The number of nitrogens with zero attached hydrogens (tertiary/aromatic N) is 1. The van der Waals surface area contributed by atoms with Crippen LogP contribution in [0, 0.1) is 13.8 Å². The Hall–Kier alpha value is -2.27. The van der Waals surface area contributed by atoms with E-state index in [4.69, 9.17) is 0 Å². The number of carbonyl (C=O) groups is 2. The van der Waals surface area contributed by atoms with Crippen molar-refractivity contribution in [2.24, 2.45) is 0 Å². The number of nitrogens with one attached hydrogen (secondary N) is 1. The van der Waals surface area contributed by atoms with Crippen molar-refractivity contribution in [2.75, 3.05) is 11.1 Å². The van der Waals surface area contributed by atoms with E-state index in [0.29, 0.717) is 5.75 Å². The van der Waals surface area contributed by atoms with Gasteiger partial charge in [-0.3, -0.25) is 9.59 Å². The van der Waals surface area contributed by atoms with Gasteiger partial charge in [-0.2, -0.15) is 0 Å². The molecule has 0 aromatic heterocycles. The second kappa shape index (κ2) is 7.31. The molecule has 1 saturated heterocycles. The molecule has 25 heavy (non-hydrogen) atoms. The van der Waals surface area contributed by atoms with Gasteiger partial charge in [0.1, 0.15) is 11.4 Å². The third-order valence-electron chi connectivity index (χ3n) is 4.38. The van der Waals surface area contributed by atoms with E-state index in [2.05, 4.69) is 5.32 Å². The molecular weight excluding hydrogens is 332 g/mol. The van der Waals surface area contributed by atoms with Gasteiger partial charge in [-0.15, -0.1) is 11.8 Å². The second-order valence-electron chi connectivity index (χ2n) is 6.41. The third kappa shape index (κ3) is 3.87. The summed E-state index contributed by atoms with van der Waals surface area (Å²) < 4.78 is 0. The summed E-state index contributed by atoms with van der Waals surface area (Å²) in [4.78, 5) is 26.7. The van der Waals surface area contributed by atoms with Crippen molar-refractivity contribution in [2.45, 2.75) is 32.2 Å². The summed E-state index contributed by atoms with van der Waals surface area (Å²) >= 11 is 1.57. The maximum atomic E-state index is 12.6. The van der Waals surface area contributed by atoms with Crippen molar-refractivity contribution in [3.8, 4) is 0 Å². The van der Waals surface area contributed by atoms with Crippen LogP contribution in [-0.4, -0.2) is 28.5 Å². The molecule has 0 saturated carbocycles. The lowest BCUT2D eigenvalue weighted by Crippen LogP contribution is -2.44. The normalized spacial score (nSPS) is 18.3. The molecule has 2 aromatic carbocycles. The first-order valence-electron chi connectivity index (χ1n) is 8.32. The number of benzene rings is 2. The van der Waals surface area contributed by atoms with Crippen LogP contribution in [0.25, 0.3) is 0 Å². The minimum Gasteiger partial charge on any atom is -0.324 e. The molecule has 1 fully saturated rings. The summed E-state index contributed by atoms with van der Waals surface area (Å²) in [6.45, 7) is 5.82. The van der Waals surface area contributed by atoms with Crippen LogP contribution in [0.2, 0.25) is 0 Å². The molecule has 1 aliphatic heterocycles. The van der Waals surface area contributed by atoms with Gasteiger partial charge in [0, 0.05) is 5.69 Å². The summed E-state index contributed by atoms with van der Waals surface area (Å²) in [5, 5.41) is 2.79. The number of anilines is 1. The van der Waals surface area contributed by atoms with E-state index in [0.717, 1.165) is 16.8 Å². The first-order valence-corrected chi connectivity index (χ1v) is 9.37. The van der Waals surface area contributed by atoms with Crippen molar-refractivity contribution < 1.29 is 9.59 Å². The molecule has 0 radical (unpaired) electrons. The molecule has 4 nitrogen and oxygen atoms in total. The van der Waals surface area contributed by atoms with Crippen molar-refractivity contribution in [1.82, 2.24) is 4.90 Å². The molecule has 3 rings (SSSR count). The highest BCUT2D eigenvalue weighted by molar-refractivity contribution is 8.00. The molecule has 0 spiro atoms. The SMILES string of the molecule is Cc1ccc(NC(=O)C(C)N2C(=O)CSC2c2ccc(C)cc2)cc1. The molecular formula is C20H22N2O2S. The van der Waals surface area contributed by atoms with Crippen molar-refractivity contribution in [1.29, 1.82) is 0 Å². The number of aryl methyl sites for hydroxylation is 2. The lowest BCUT2D eigenvalue weighted by molar-refractivity contribution is -0.135. The van der Waals surface area contributed by atoms with Gasteiger partial charge < -0.3 is 10.2 Å². The van der Waals surface area contributed by atoms with E-state index in [-0.39, 0.29) is 17.2 Å². The highest BCUT2D eigenvalue weighted by Crippen LogP contribution is 2.40. The van der Waals surface area contributed by atoms with Crippen LogP contribution in [0.1, 0.15) is 29.0 Å². The van der Waals surface area contributed by atoms with Crippen molar-refractivity contribution in [3.05, 3.63) is 65.2 Å². The number of carbonyl (C=O) groups excluding carboxylic acids is 2. The Balaban J connectivity index is 1.77. The summed E-state index contributed by atoms with van der Waals surface area (Å²) in [6, 6.07) is 15.2. The van der Waals surface area contributed by atoms with E-state index < -0.39 is 6.04 Å². The van der Waals surface area contributed by atoms with Crippen molar-refractivity contribution in [3.63, 3.8) is 0 Å². The third-order valence-corrected chi connectivity index (χ3v) is 5.61. The molecule has 5 heteroatoms. The van der Waals surface area contributed by atoms with Crippen LogP contribution in [0.3, 0.4) is 0 Å². The van der Waals surface area contributed by atoms with Gasteiger partial charge in [0.2, 0.25) is 11.8 Å². The number of thioether (sulfide) groups is 1. The average Bonchev–Trinajstić information content (AvgIpc) is 2.98. The fourth-order valence-corrected chi connectivity index (χ4v) is 4.11. The summed E-state index contributed by atoms with van der Waals surface area (Å²) in [7, 11) is 0. The molecule has 1 aliphatic rings. The number of hydrogen-bond donors (Lipinski definition) is 1. The Morgan fingerprint density at radius 2 is 1.64 bits per heavy atom. The zero-order valence-corrected chi connectivity index (χ0v) is 15.5. The smallest absolute Gasteiger partial charge is 0.246 e. The molecule has 130 valence electrons. The predicted octanol–water partition coefficient (Wildman–Crippen LogP) is 3.90. The molecule has 1 heterocycles. The summed E-state index contributed by atoms with van der Waals surface area (Å²) in [5.41, 5.74) is 4.11. The Morgan fingerprint density at radius 1 is 1.08 bits per heavy atom. The molecule has 0 aliphatic carbocycles. The minimum absolute atomic E-state index is 0.00197. The van der Waals surface area contributed by atoms with Crippen LogP contribution in [0.5, 0.6) is 0 Å². The van der Waals surface area contributed by atoms with E-state index >= 15 is 0 Å². The van der Waals surface area contributed by atoms with Crippen LogP contribution in [0.15, 0.2) is 48.5 Å². The first kappa shape index (κ1) is 17.5. The van der Waals surface area contributed by atoms with E-state index in [9.17, 15) is 9.59 Å². The fourth-order valence-electron chi connectivity index (χ4n) is 2.85.